The lowest BCUT2D eigenvalue weighted by atomic mass is 9.78. The number of nitrogens with one attached hydrogen (secondary N) is 1. The monoisotopic (exact) mass is 282 g/mol. The smallest absolute Gasteiger partial charge is 0.340 e. The molecule has 1 aromatic carbocycles. The standard InChI is InChI=1S/C13H15FN2O4/c1-13(4-3-5-13)15-10-6-8(12(17)20-2)9(14)7-11(10)16(18)19/h6-7,15H,3-5H2,1-2H3. The minimum absolute atomic E-state index is 0.138. The van der Waals surface area contributed by atoms with Crippen LogP contribution in [0.4, 0.5) is 15.8 Å². The van der Waals surface area contributed by atoms with Crippen LogP contribution in [0.3, 0.4) is 0 Å². The van der Waals surface area contributed by atoms with Crippen LogP contribution in [0.15, 0.2) is 12.1 Å². The summed E-state index contributed by atoms with van der Waals surface area (Å²) >= 11 is 0. The highest BCUT2D eigenvalue weighted by molar-refractivity contribution is 5.92. The van der Waals surface area contributed by atoms with E-state index in [2.05, 4.69) is 10.1 Å². The van der Waals surface area contributed by atoms with E-state index in [0.717, 1.165) is 38.5 Å². The second-order valence-electron chi connectivity index (χ2n) is 5.14. The molecule has 1 aromatic rings. The first-order valence-corrected chi connectivity index (χ1v) is 6.21. The number of anilines is 1. The van der Waals surface area contributed by atoms with Gasteiger partial charge in [-0.05, 0) is 32.3 Å². The molecule has 0 bridgehead atoms. The van der Waals surface area contributed by atoms with E-state index in [1.54, 1.807) is 0 Å². The first-order valence-electron chi connectivity index (χ1n) is 6.21. The number of carbonyl (C=O) groups is 1. The Kier molecular flexibility index (Phi) is 3.61. The Balaban J connectivity index is 2.45. The van der Waals surface area contributed by atoms with E-state index in [0.29, 0.717) is 0 Å². The van der Waals surface area contributed by atoms with Gasteiger partial charge in [-0.2, -0.15) is 0 Å². The highest BCUT2D eigenvalue weighted by Crippen LogP contribution is 2.38. The van der Waals surface area contributed by atoms with Crippen molar-refractivity contribution in [3.63, 3.8) is 0 Å². The average Bonchev–Trinajstić information content (AvgIpc) is 2.37. The normalized spacial score (nSPS) is 16.1. The van der Waals surface area contributed by atoms with Crippen molar-refractivity contribution in [1.29, 1.82) is 0 Å². The number of nitro benzene ring substituents is 1. The van der Waals surface area contributed by atoms with E-state index in [9.17, 15) is 19.3 Å². The molecular weight excluding hydrogens is 267 g/mol. The summed E-state index contributed by atoms with van der Waals surface area (Å²) in [5, 5.41) is 14.0. The second kappa shape index (κ2) is 5.07. The van der Waals surface area contributed by atoms with E-state index in [4.69, 9.17) is 0 Å². The maximum Gasteiger partial charge on any atom is 0.340 e. The maximum atomic E-state index is 13.7. The van der Waals surface area contributed by atoms with Crippen molar-refractivity contribution < 1.29 is 18.8 Å². The third-order valence-corrected chi connectivity index (χ3v) is 3.58. The van der Waals surface area contributed by atoms with Crippen LogP contribution in [0, 0.1) is 15.9 Å². The van der Waals surface area contributed by atoms with Crippen LogP contribution in [0.25, 0.3) is 0 Å². The average molecular weight is 282 g/mol. The van der Waals surface area contributed by atoms with Gasteiger partial charge in [0, 0.05) is 5.54 Å². The molecule has 0 spiro atoms. The lowest BCUT2D eigenvalue weighted by molar-refractivity contribution is -0.384. The zero-order valence-corrected chi connectivity index (χ0v) is 11.2. The Labute approximate surface area is 115 Å². The first-order chi connectivity index (χ1) is 9.36. The van der Waals surface area contributed by atoms with Crippen LogP contribution in [-0.4, -0.2) is 23.5 Å². The van der Waals surface area contributed by atoms with Crippen molar-refractivity contribution in [2.75, 3.05) is 12.4 Å². The molecule has 20 heavy (non-hydrogen) atoms. The van der Waals surface area contributed by atoms with E-state index >= 15 is 0 Å². The molecule has 0 atom stereocenters. The number of halogens is 1. The molecule has 6 nitrogen and oxygen atoms in total. The molecule has 0 aromatic heterocycles. The van der Waals surface area contributed by atoms with Crippen molar-refractivity contribution in [2.24, 2.45) is 0 Å². The van der Waals surface area contributed by atoms with Crippen molar-refractivity contribution >= 4 is 17.3 Å². The third-order valence-electron chi connectivity index (χ3n) is 3.58. The second-order valence-corrected chi connectivity index (χ2v) is 5.14. The van der Waals surface area contributed by atoms with Crippen molar-refractivity contribution in [3.05, 3.63) is 33.6 Å². The fourth-order valence-corrected chi connectivity index (χ4v) is 2.24. The van der Waals surface area contributed by atoms with Gasteiger partial charge in [0.25, 0.3) is 5.69 Å². The molecule has 1 aliphatic rings. The lowest BCUT2D eigenvalue weighted by Gasteiger charge is -2.39. The molecule has 1 N–H and O–H groups in total. The highest BCUT2D eigenvalue weighted by Gasteiger charge is 2.34. The highest BCUT2D eigenvalue weighted by atomic mass is 19.1. The summed E-state index contributed by atoms with van der Waals surface area (Å²) in [6, 6.07) is 1.89. The minimum atomic E-state index is -0.965. The number of hydrogen-bond acceptors (Lipinski definition) is 5. The molecule has 0 aliphatic heterocycles. The number of esters is 1. The van der Waals surface area contributed by atoms with E-state index < -0.39 is 16.7 Å². The molecule has 0 saturated heterocycles. The van der Waals surface area contributed by atoms with Crippen LogP contribution >= 0.6 is 0 Å². The van der Waals surface area contributed by atoms with Gasteiger partial charge in [0.05, 0.1) is 23.7 Å². The zero-order chi connectivity index (χ0) is 14.9. The van der Waals surface area contributed by atoms with E-state index in [1.807, 2.05) is 6.92 Å². The molecule has 0 radical (unpaired) electrons. The summed E-state index contributed by atoms with van der Waals surface area (Å²) < 4.78 is 18.2. The van der Waals surface area contributed by atoms with Crippen molar-refractivity contribution in [3.8, 4) is 0 Å². The maximum absolute atomic E-state index is 13.7. The Hall–Kier alpha value is -2.18. The number of nitro groups is 1. The van der Waals surface area contributed by atoms with Gasteiger partial charge < -0.3 is 10.1 Å². The van der Waals surface area contributed by atoms with Gasteiger partial charge in [-0.15, -0.1) is 0 Å². The number of methoxy groups -OCH3 is 1. The molecule has 0 amide bonds. The summed E-state index contributed by atoms with van der Waals surface area (Å²) in [6.07, 6.45) is 2.77. The predicted octanol–water partition coefficient (Wildman–Crippen LogP) is 2.88. The number of ether oxygens (including phenoxy) is 1. The molecule has 2 rings (SSSR count). The summed E-state index contributed by atoms with van der Waals surface area (Å²) in [6.45, 7) is 1.93. The Morgan fingerprint density at radius 1 is 1.50 bits per heavy atom. The SMILES string of the molecule is COC(=O)c1cc(NC2(C)CCC2)c([N+](=O)[O-])cc1F. The zero-order valence-electron chi connectivity index (χ0n) is 11.2. The predicted molar refractivity (Wildman–Crippen MR) is 70.3 cm³/mol. The number of carbonyl (C=O) groups excluding carboxylic acids is 1. The summed E-state index contributed by atoms with van der Waals surface area (Å²) in [5.41, 5.74) is -0.818. The Morgan fingerprint density at radius 3 is 2.60 bits per heavy atom. The van der Waals surface area contributed by atoms with Gasteiger partial charge in [0.15, 0.2) is 0 Å². The van der Waals surface area contributed by atoms with Crippen LogP contribution in [-0.2, 0) is 4.74 Å². The first kappa shape index (κ1) is 14.2. The van der Waals surface area contributed by atoms with Gasteiger partial charge in [-0.3, -0.25) is 10.1 Å². The number of benzene rings is 1. The minimum Gasteiger partial charge on any atom is -0.465 e. The lowest BCUT2D eigenvalue weighted by Crippen LogP contribution is -2.41. The third kappa shape index (κ3) is 2.56. The largest absolute Gasteiger partial charge is 0.465 e. The Bertz CT molecular complexity index is 570. The molecule has 1 fully saturated rings. The fraction of sp³-hybridized carbons (Fsp3) is 0.462. The van der Waals surface area contributed by atoms with Gasteiger partial charge in [0.2, 0.25) is 0 Å². The topological polar surface area (TPSA) is 81.5 Å². The number of hydrogen-bond donors (Lipinski definition) is 1. The molecule has 1 aliphatic carbocycles. The summed E-state index contributed by atoms with van der Waals surface area (Å²) in [7, 11) is 1.13. The summed E-state index contributed by atoms with van der Waals surface area (Å²) in [5.74, 6) is -1.83. The van der Waals surface area contributed by atoms with Crippen molar-refractivity contribution in [1.82, 2.24) is 0 Å². The van der Waals surface area contributed by atoms with Crippen LogP contribution < -0.4 is 5.32 Å². The molecule has 7 heteroatoms. The molecule has 108 valence electrons. The molecular formula is C13H15FN2O4. The molecule has 0 heterocycles. The van der Waals surface area contributed by atoms with Crippen LogP contribution in [0.2, 0.25) is 0 Å². The van der Waals surface area contributed by atoms with Gasteiger partial charge in [-0.1, -0.05) is 0 Å². The molecule has 1 saturated carbocycles. The fourth-order valence-electron chi connectivity index (χ4n) is 2.24. The van der Waals surface area contributed by atoms with Gasteiger partial charge in [-0.25, -0.2) is 9.18 Å². The van der Waals surface area contributed by atoms with E-state index in [1.165, 1.54) is 0 Å². The van der Waals surface area contributed by atoms with Crippen LogP contribution in [0.5, 0.6) is 0 Å². The van der Waals surface area contributed by atoms with E-state index in [-0.39, 0.29) is 22.5 Å². The quantitative estimate of drug-likeness (QED) is 0.521. The van der Waals surface area contributed by atoms with Crippen LogP contribution in [0.1, 0.15) is 36.5 Å². The number of rotatable bonds is 4. The van der Waals surface area contributed by atoms with Gasteiger partial charge in [0.1, 0.15) is 11.5 Å². The number of nitrogens with zero attached hydrogens (tertiary/aromatic N) is 1. The van der Waals surface area contributed by atoms with Crippen molar-refractivity contribution in [2.45, 2.75) is 31.7 Å². The van der Waals surface area contributed by atoms with Gasteiger partial charge >= 0.3 is 5.97 Å². The summed E-state index contributed by atoms with van der Waals surface area (Å²) in [4.78, 5) is 21.8. The molecule has 0 unspecified atom stereocenters. The Morgan fingerprint density at radius 2 is 2.15 bits per heavy atom.